The number of benzene rings is 3. The van der Waals surface area contributed by atoms with Gasteiger partial charge in [0, 0.05) is 79.1 Å². The number of fused-ring (bicyclic) bond motifs is 2. The van der Waals surface area contributed by atoms with Crippen LogP contribution in [0.1, 0.15) is 12.5 Å². The van der Waals surface area contributed by atoms with Gasteiger partial charge in [-0.1, -0.05) is 36.4 Å². The second-order valence-corrected chi connectivity index (χ2v) is 14.6. The Morgan fingerprint density at radius 2 is 1.44 bits per heavy atom. The van der Waals surface area contributed by atoms with Crippen molar-refractivity contribution >= 4 is 58.7 Å². The molecule has 1 aliphatic heterocycles. The van der Waals surface area contributed by atoms with Crippen molar-refractivity contribution in [3.05, 3.63) is 103 Å². The number of likely N-dealkylation sites (N-methyl/N-ethyl adjacent to an activating group) is 1. The minimum absolute atomic E-state index is 0. The largest absolute Gasteiger partial charge is 0.379 e. The molecular weight excluding hydrogens is 678 g/mol. The summed E-state index contributed by atoms with van der Waals surface area (Å²) >= 11 is 0. The fourth-order valence-corrected chi connectivity index (χ4v) is 8.75. The molecule has 10 nitrogen and oxygen atoms in total. The summed E-state index contributed by atoms with van der Waals surface area (Å²) in [5, 5.41) is 9.46. The third-order valence-corrected chi connectivity index (χ3v) is 11.7. The molecule has 0 amide bonds. The zero-order chi connectivity index (χ0) is 31.0. The SMILES string of the molecule is Br.CN(C(C)(Cc1ccc(OS(=O)(=O)c2cccc3cnccc23)cc1)C1CNCCN1)S(=O)(=O)c1cccc2cnccc12. The van der Waals surface area contributed by atoms with Gasteiger partial charge in [-0.25, -0.2) is 8.42 Å². The van der Waals surface area contributed by atoms with Crippen LogP contribution in [-0.2, 0) is 26.6 Å². The first-order chi connectivity index (χ1) is 21.1. The van der Waals surface area contributed by atoms with Crippen LogP contribution in [0.25, 0.3) is 21.5 Å². The van der Waals surface area contributed by atoms with Crippen molar-refractivity contribution in [3.63, 3.8) is 0 Å². The van der Waals surface area contributed by atoms with Gasteiger partial charge >= 0.3 is 10.1 Å². The summed E-state index contributed by atoms with van der Waals surface area (Å²) in [4.78, 5) is 8.48. The quantitative estimate of drug-likeness (QED) is 0.215. The number of aromatic nitrogens is 2. The van der Waals surface area contributed by atoms with Crippen molar-refractivity contribution in [1.29, 1.82) is 0 Å². The number of pyridine rings is 2. The Labute approximate surface area is 273 Å². The predicted molar refractivity (Wildman–Crippen MR) is 180 cm³/mol. The second-order valence-electron chi connectivity index (χ2n) is 11.1. The molecule has 3 heterocycles. The summed E-state index contributed by atoms with van der Waals surface area (Å²) in [6.07, 6.45) is 6.75. The van der Waals surface area contributed by atoms with E-state index in [1.54, 1.807) is 92.5 Å². The Morgan fingerprint density at radius 3 is 2.04 bits per heavy atom. The van der Waals surface area contributed by atoms with Crippen molar-refractivity contribution in [3.8, 4) is 5.75 Å². The number of rotatable bonds is 9. The molecule has 0 bridgehead atoms. The molecule has 2 atom stereocenters. The second kappa shape index (κ2) is 13.1. The standard InChI is InChI=1S/C32H33N5O5S2.BrH/c1-32(31-22-35-17-18-36-31,37(2)43(38,39)29-7-3-5-24-20-33-15-13-27(24)29)19-23-9-11-26(12-10-23)42-44(40,41)30-8-4-6-25-21-34-16-14-28(25)30;/h3-16,20-21,31,35-36H,17-19,22H2,1-2H3;1H. The van der Waals surface area contributed by atoms with E-state index in [4.69, 9.17) is 4.18 Å². The van der Waals surface area contributed by atoms with Gasteiger partial charge in [-0.15, -0.1) is 17.0 Å². The third-order valence-electron chi connectivity index (χ3n) is 8.39. The highest BCUT2D eigenvalue weighted by atomic mass is 79.9. The first kappa shape index (κ1) is 32.9. The molecule has 2 aromatic heterocycles. The maximum atomic E-state index is 14.2. The number of sulfonamides is 1. The molecule has 2 unspecified atom stereocenters. The lowest BCUT2D eigenvalue weighted by molar-refractivity contribution is 0.155. The summed E-state index contributed by atoms with van der Waals surface area (Å²) < 4.78 is 61.9. The van der Waals surface area contributed by atoms with Crippen molar-refractivity contribution < 1.29 is 21.0 Å². The van der Waals surface area contributed by atoms with E-state index < -0.39 is 25.7 Å². The molecule has 6 rings (SSSR count). The number of hydrogen-bond donors (Lipinski definition) is 2. The Morgan fingerprint density at radius 1 is 0.844 bits per heavy atom. The Kier molecular flexibility index (Phi) is 9.59. The van der Waals surface area contributed by atoms with Gasteiger partial charge in [-0.3, -0.25) is 9.97 Å². The lowest BCUT2D eigenvalue weighted by atomic mass is 9.84. The van der Waals surface area contributed by atoms with E-state index in [2.05, 4.69) is 20.6 Å². The number of piperazine rings is 1. The summed E-state index contributed by atoms with van der Waals surface area (Å²) in [6, 6.07) is 20.0. The van der Waals surface area contributed by atoms with E-state index in [0.29, 0.717) is 35.7 Å². The molecule has 45 heavy (non-hydrogen) atoms. The molecule has 1 saturated heterocycles. The Hall–Kier alpha value is -3.46. The maximum Gasteiger partial charge on any atom is 0.339 e. The van der Waals surface area contributed by atoms with Crippen LogP contribution in [0.4, 0.5) is 0 Å². The molecule has 1 fully saturated rings. The number of hydrogen-bond acceptors (Lipinski definition) is 9. The highest BCUT2D eigenvalue weighted by molar-refractivity contribution is 8.93. The molecule has 1 aliphatic rings. The van der Waals surface area contributed by atoms with Gasteiger partial charge in [0.15, 0.2) is 0 Å². The van der Waals surface area contributed by atoms with E-state index in [1.807, 2.05) is 13.0 Å². The molecule has 13 heteroatoms. The van der Waals surface area contributed by atoms with E-state index in [-0.39, 0.29) is 38.6 Å². The third kappa shape index (κ3) is 6.46. The van der Waals surface area contributed by atoms with E-state index in [0.717, 1.165) is 17.5 Å². The molecule has 0 saturated carbocycles. The van der Waals surface area contributed by atoms with Crippen LogP contribution in [0.3, 0.4) is 0 Å². The highest BCUT2D eigenvalue weighted by Crippen LogP contribution is 2.34. The zero-order valence-corrected chi connectivity index (χ0v) is 28.1. The average Bonchev–Trinajstić information content (AvgIpc) is 3.05. The lowest BCUT2D eigenvalue weighted by Crippen LogP contribution is -2.66. The fraction of sp³-hybridized carbons (Fsp3) is 0.250. The van der Waals surface area contributed by atoms with Crippen LogP contribution >= 0.6 is 17.0 Å². The predicted octanol–water partition coefficient (Wildman–Crippen LogP) is 4.31. The zero-order valence-electron chi connectivity index (χ0n) is 24.8. The van der Waals surface area contributed by atoms with Crippen LogP contribution in [0.15, 0.2) is 107 Å². The molecular formula is C32H34BrN5O5S2. The maximum absolute atomic E-state index is 14.2. The molecule has 2 N–H and O–H groups in total. The molecule has 0 radical (unpaired) electrons. The minimum atomic E-state index is -4.12. The number of nitrogens with one attached hydrogen (secondary N) is 2. The van der Waals surface area contributed by atoms with Gasteiger partial charge in [0.25, 0.3) is 0 Å². The average molecular weight is 713 g/mol. The summed E-state index contributed by atoms with van der Waals surface area (Å²) in [7, 11) is -6.45. The van der Waals surface area contributed by atoms with E-state index >= 15 is 0 Å². The van der Waals surface area contributed by atoms with E-state index in [9.17, 15) is 16.8 Å². The number of nitrogens with zero attached hydrogens (tertiary/aromatic N) is 3. The van der Waals surface area contributed by atoms with Crippen molar-refractivity contribution in [2.75, 3.05) is 26.7 Å². The first-order valence-corrected chi connectivity index (χ1v) is 17.1. The van der Waals surface area contributed by atoms with Gasteiger partial charge in [0.1, 0.15) is 10.6 Å². The molecule has 5 aromatic rings. The fourth-order valence-electron chi connectivity index (χ4n) is 5.85. The Balaban J connectivity index is 0.00000400. The van der Waals surface area contributed by atoms with Crippen LogP contribution in [-0.4, -0.2) is 69.4 Å². The van der Waals surface area contributed by atoms with Crippen molar-refractivity contribution in [2.24, 2.45) is 0 Å². The summed E-state index contributed by atoms with van der Waals surface area (Å²) in [6.45, 7) is 4.00. The molecule has 3 aromatic carbocycles. The van der Waals surface area contributed by atoms with Crippen LogP contribution in [0.2, 0.25) is 0 Å². The van der Waals surface area contributed by atoms with Gasteiger partial charge in [-0.05, 0) is 55.3 Å². The van der Waals surface area contributed by atoms with Crippen LogP contribution in [0.5, 0.6) is 5.75 Å². The highest BCUT2D eigenvalue weighted by Gasteiger charge is 2.44. The topological polar surface area (TPSA) is 131 Å². The van der Waals surface area contributed by atoms with Crippen LogP contribution < -0.4 is 14.8 Å². The lowest BCUT2D eigenvalue weighted by Gasteiger charge is -2.46. The monoisotopic (exact) mass is 711 g/mol. The normalized spacial score (nSPS) is 17.1. The number of halogens is 1. The van der Waals surface area contributed by atoms with Gasteiger partial charge < -0.3 is 14.8 Å². The first-order valence-electron chi connectivity index (χ1n) is 14.2. The van der Waals surface area contributed by atoms with E-state index in [1.165, 1.54) is 10.4 Å². The van der Waals surface area contributed by atoms with Gasteiger partial charge in [0.05, 0.1) is 10.4 Å². The van der Waals surface area contributed by atoms with Crippen molar-refractivity contribution in [1.82, 2.24) is 24.9 Å². The van der Waals surface area contributed by atoms with Crippen molar-refractivity contribution in [2.45, 2.75) is 34.7 Å². The van der Waals surface area contributed by atoms with Crippen LogP contribution in [0, 0.1) is 0 Å². The minimum Gasteiger partial charge on any atom is -0.379 e. The van der Waals surface area contributed by atoms with Gasteiger partial charge in [-0.2, -0.15) is 12.7 Å². The Bertz CT molecular complexity index is 2030. The molecule has 236 valence electrons. The van der Waals surface area contributed by atoms with Gasteiger partial charge in [0.2, 0.25) is 10.0 Å². The summed E-state index contributed by atoms with van der Waals surface area (Å²) in [5.41, 5.74) is -0.0718. The molecule has 0 spiro atoms. The molecule has 0 aliphatic carbocycles. The smallest absolute Gasteiger partial charge is 0.339 e. The summed E-state index contributed by atoms with van der Waals surface area (Å²) in [5.74, 6) is 0.157.